The summed E-state index contributed by atoms with van der Waals surface area (Å²) in [5, 5.41) is 0. The van der Waals surface area contributed by atoms with E-state index >= 15 is 0 Å². The Balaban J connectivity index is 1.79. The third-order valence-corrected chi connectivity index (χ3v) is 4.58. The van der Waals surface area contributed by atoms with Crippen LogP contribution in [0.5, 0.6) is 0 Å². The lowest BCUT2D eigenvalue weighted by Crippen LogP contribution is -2.52. The van der Waals surface area contributed by atoms with Gasteiger partial charge in [0, 0.05) is 19.1 Å². The lowest BCUT2D eigenvalue weighted by molar-refractivity contribution is -0.218. The second kappa shape index (κ2) is 6.75. The van der Waals surface area contributed by atoms with Crippen LogP contribution in [0.25, 0.3) is 0 Å². The molecule has 1 fully saturated rings. The van der Waals surface area contributed by atoms with Crippen LogP contribution in [-0.4, -0.2) is 17.1 Å². The van der Waals surface area contributed by atoms with Gasteiger partial charge in [-0.3, -0.25) is 4.90 Å². The molecule has 0 aromatic heterocycles. The van der Waals surface area contributed by atoms with Crippen molar-refractivity contribution in [1.29, 1.82) is 0 Å². The average Bonchev–Trinajstić information content (AvgIpc) is 2.46. The van der Waals surface area contributed by atoms with E-state index in [9.17, 15) is 13.2 Å². The molecule has 1 aliphatic rings. The zero-order chi connectivity index (χ0) is 16.3. The van der Waals surface area contributed by atoms with Gasteiger partial charge in [-0.05, 0) is 24.0 Å². The fourth-order valence-electron chi connectivity index (χ4n) is 3.23. The molecule has 2 aromatic rings. The van der Waals surface area contributed by atoms with E-state index in [2.05, 4.69) is 0 Å². The van der Waals surface area contributed by atoms with Crippen molar-refractivity contribution in [3.63, 3.8) is 0 Å². The molecule has 0 amide bonds. The highest BCUT2D eigenvalue weighted by Crippen LogP contribution is 2.44. The van der Waals surface area contributed by atoms with Crippen LogP contribution in [0.2, 0.25) is 0 Å². The van der Waals surface area contributed by atoms with Gasteiger partial charge < -0.3 is 0 Å². The van der Waals surface area contributed by atoms with Gasteiger partial charge in [-0.25, -0.2) is 0 Å². The molecule has 3 rings (SSSR count). The van der Waals surface area contributed by atoms with E-state index in [1.54, 1.807) is 0 Å². The highest BCUT2D eigenvalue weighted by atomic mass is 19.4. The summed E-state index contributed by atoms with van der Waals surface area (Å²) < 4.78 is 39.5. The summed E-state index contributed by atoms with van der Waals surface area (Å²) in [5.74, 6) is -1.20. The van der Waals surface area contributed by atoms with Gasteiger partial charge in [0.2, 0.25) is 0 Å². The number of hydrogen-bond donors (Lipinski definition) is 0. The van der Waals surface area contributed by atoms with Crippen LogP contribution >= 0.6 is 0 Å². The van der Waals surface area contributed by atoms with E-state index in [4.69, 9.17) is 0 Å². The Morgan fingerprint density at radius 2 is 1.26 bits per heavy atom. The predicted octanol–water partition coefficient (Wildman–Crippen LogP) is 5.03. The summed E-state index contributed by atoms with van der Waals surface area (Å²) >= 11 is 0. The molecule has 1 saturated carbocycles. The maximum Gasteiger partial charge on any atom is 0.393 e. The second-order valence-corrected chi connectivity index (χ2v) is 6.17. The first-order chi connectivity index (χ1) is 11.0. The first kappa shape index (κ1) is 16.1. The maximum atomic E-state index is 13.2. The summed E-state index contributed by atoms with van der Waals surface area (Å²) in [6.45, 7) is 1.10. The lowest BCUT2D eigenvalue weighted by atomic mass is 9.77. The smallest absolute Gasteiger partial charge is 0.291 e. The lowest BCUT2D eigenvalue weighted by Gasteiger charge is -2.45. The molecular weight excluding hydrogens is 299 g/mol. The topological polar surface area (TPSA) is 3.24 Å². The van der Waals surface area contributed by atoms with Crippen molar-refractivity contribution in [2.75, 3.05) is 0 Å². The molecule has 122 valence electrons. The molecule has 0 bridgehead atoms. The fourth-order valence-corrected chi connectivity index (χ4v) is 3.23. The largest absolute Gasteiger partial charge is 0.393 e. The number of rotatable bonds is 5. The molecule has 0 radical (unpaired) electrons. The molecular formula is C19H20F3N. The quantitative estimate of drug-likeness (QED) is 0.747. The first-order valence-electron chi connectivity index (χ1n) is 7.92. The molecule has 0 N–H and O–H groups in total. The molecule has 0 saturated heterocycles. The summed E-state index contributed by atoms with van der Waals surface area (Å²) in [4.78, 5) is 1.98. The van der Waals surface area contributed by atoms with Crippen molar-refractivity contribution in [2.45, 2.75) is 38.1 Å². The number of benzene rings is 2. The van der Waals surface area contributed by atoms with Crippen LogP contribution in [0.3, 0.4) is 0 Å². The van der Waals surface area contributed by atoms with Crippen molar-refractivity contribution < 1.29 is 13.2 Å². The van der Waals surface area contributed by atoms with Gasteiger partial charge >= 0.3 is 6.18 Å². The van der Waals surface area contributed by atoms with Crippen molar-refractivity contribution in [3.05, 3.63) is 71.8 Å². The van der Waals surface area contributed by atoms with E-state index in [0.29, 0.717) is 19.5 Å². The van der Waals surface area contributed by atoms with Crippen LogP contribution in [0.15, 0.2) is 60.7 Å². The second-order valence-electron chi connectivity index (χ2n) is 6.17. The van der Waals surface area contributed by atoms with Crippen LogP contribution in [0, 0.1) is 5.92 Å². The van der Waals surface area contributed by atoms with E-state index < -0.39 is 18.1 Å². The summed E-state index contributed by atoms with van der Waals surface area (Å²) in [7, 11) is 0. The number of nitrogens with zero attached hydrogens (tertiary/aromatic N) is 1. The molecule has 0 heterocycles. The van der Waals surface area contributed by atoms with Crippen LogP contribution in [-0.2, 0) is 13.1 Å². The normalized spacial score (nSPS) is 21.2. The summed E-state index contributed by atoms with van der Waals surface area (Å²) in [6.07, 6.45) is -3.24. The van der Waals surface area contributed by atoms with Gasteiger partial charge in [0.05, 0.1) is 5.92 Å². The van der Waals surface area contributed by atoms with Crippen molar-refractivity contribution in [3.8, 4) is 0 Å². The van der Waals surface area contributed by atoms with E-state index in [-0.39, 0.29) is 6.42 Å². The molecule has 23 heavy (non-hydrogen) atoms. The minimum atomic E-state index is -4.10. The van der Waals surface area contributed by atoms with Gasteiger partial charge in [-0.1, -0.05) is 60.7 Å². The SMILES string of the molecule is FC(F)(F)C1CCC1N(Cc1ccccc1)Cc1ccccc1. The Bertz CT molecular complexity index is 568. The Hall–Kier alpha value is -1.81. The van der Waals surface area contributed by atoms with E-state index in [0.717, 1.165) is 11.1 Å². The Morgan fingerprint density at radius 1 is 0.783 bits per heavy atom. The van der Waals surface area contributed by atoms with Crippen LogP contribution in [0.4, 0.5) is 13.2 Å². The van der Waals surface area contributed by atoms with Gasteiger partial charge in [0.1, 0.15) is 0 Å². The fraction of sp³-hybridized carbons (Fsp3) is 0.368. The predicted molar refractivity (Wildman–Crippen MR) is 84.7 cm³/mol. The number of halogens is 3. The minimum absolute atomic E-state index is 0.244. The summed E-state index contributed by atoms with van der Waals surface area (Å²) in [6, 6.07) is 19.0. The zero-order valence-electron chi connectivity index (χ0n) is 12.8. The third kappa shape index (κ3) is 3.94. The number of alkyl halides is 3. The van der Waals surface area contributed by atoms with Crippen molar-refractivity contribution >= 4 is 0 Å². The zero-order valence-corrected chi connectivity index (χ0v) is 12.8. The molecule has 2 unspecified atom stereocenters. The summed E-state index contributed by atoms with van der Waals surface area (Å²) in [5.41, 5.74) is 2.10. The third-order valence-electron chi connectivity index (χ3n) is 4.58. The monoisotopic (exact) mass is 319 g/mol. The molecule has 2 aromatic carbocycles. The highest BCUT2D eigenvalue weighted by Gasteiger charge is 2.51. The molecule has 0 aliphatic heterocycles. The highest BCUT2D eigenvalue weighted by molar-refractivity contribution is 5.18. The van der Waals surface area contributed by atoms with Gasteiger partial charge in [-0.15, -0.1) is 0 Å². The maximum absolute atomic E-state index is 13.2. The minimum Gasteiger partial charge on any atom is -0.291 e. The number of hydrogen-bond acceptors (Lipinski definition) is 1. The van der Waals surface area contributed by atoms with Gasteiger partial charge in [0.15, 0.2) is 0 Å². The molecule has 1 aliphatic carbocycles. The Labute approximate surface area is 134 Å². The molecule has 4 heteroatoms. The van der Waals surface area contributed by atoms with E-state index in [1.165, 1.54) is 0 Å². The van der Waals surface area contributed by atoms with Crippen LogP contribution in [0.1, 0.15) is 24.0 Å². The molecule has 1 nitrogen and oxygen atoms in total. The molecule has 0 spiro atoms. The van der Waals surface area contributed by atoms with Crippen molar-refractivity contribution in [1.82, 2.24) is 4.90 Å². The Kier molecular flexibility index (Phi) is 4.71. The van der Waals surface area contributed by atoms with E-state index in [1.807, 2.05) is 65.6 Å². The van der Waals surface area contributed by atoms with Gasteiger partial charge in [0.25, 0.3) is 0 Å². The van der Waals surface area contributed by atoms with Crippen LogP contribution < -0.4 is 0 Å². The average molecular weight is 319 g/mol. The first-order valence-corrected chi connectivity index (χ1v) is 7.92. The van der Waals surface area contributed by atoms with Crippen molar-refractivity contribution in [2.24, 2.45) is 5.92 Å². The van der Waals surface area contributed by atoms with Gasteiger partial charge in [-0.2, -0.15) is 13.2 Å². The Morgan fingerprint density at radius 3 is 1.61 bits per heavy atom. The molecule has 2 atom stereocenters. The standard InChI is InChI=1S/C19H20F3N/c20-19(21,22)17-11-12-18(17)23(13-15-7-3-1-4-8-15)14-16-9-5-2-6-10-16/h1-10,17-18H,11-14H2.